The zero-order chi connectivity index (χ0) is 21.8. The number of pyridine rings is 1. The second-order valence-electron chi connectivity index (χ2n) is 7.42. The molecule has 1 atom stereocenters. The first kappa shape index (κ1) is 20.3. The number of carbonyl (C=O) groups is 2. The molecule has 1 amide bonds. The molecule has 2 N–H and O–H groups in total. The highest BCUT2D eigenvalue weighted by Gasteiger charge is 2.19. The van der Waals surface area contributed by atoms with Gasteiger partial charge in [0.25, 0.3) is 0 Å². The van der Waals surface area contributed by atoms with Crippen LogP contribution in [0.2, 0.25) is 0 Å². The summed E-state index contributed by atoms with van der Waals surface area (Å²) in [6.07, 6.45) is 1.88. The normalized spacial score (nSPS) is 11.8. The number of aromatic nitrogens is 1. The molecule has 0 aliphatic rings. The van der Waals surface area contributed by atoms with Crippen LogP contribution in [0.4, 0.5) is 5.69 Å². The fourth-order valence-electron chi connectivity index (χ4n) is 3.76. The van der Waals surface area contributed by atoms with E-state index >= 15 is 0 Å². The molecule has 0 radical (unpaired) electrons. The fourth-order valence-corrected chi connectivity index (χ4v) is 3.76. The molecule has 5 nitrogen and oxygen atoms in total. The van der Waals surface area contributed by atoms with E-state index in [1.807, 2.05) is 73.7 Å². The minimum atomic E-state index is -1.02. The van der Waals surface area contributed by atoms with E-state index in [1.54, 1.807) is 12.3 Å². The van der Waals surface area contributed by atoms with E-state index in [1.165, 1.54) is 6.07 Å². The highest BCUT2D eigenvalue weighted by molar-refractivity contribution is 5.99. The molecule has 4 rings (SSSR count). The van der Waals surface area contributed by atoms with Gasteiger partial charge < -0.3 is 10.4 Å². The van der Waals surface area contributed by atoms with Gasteiger partial charge in [0.1, 0.15) is 0 Å². The number of fused-ring (bicyclic) bond motifs is 1. The topological polar surface area (TPSA) is 79.3 Å². The molecule has 0 bridgehead atoms. The molecule has 1 unspecified atom stereocenters. The summed E-state index contributed by atoms with van der Waals surface area (Å²) in [6, 6.07) is 24.5. The van der Waals surface area contributed by atoms with Crippen LogP contribution in [0.15, 0.2) is 85.1 Å². The van der Waals surface area contributed by atoms with E-state index in [4.69, 9.17) is 0 Å². The highest BCUT2D eigenvalue weighted by Crippen LogP contribution is 2.28. The fraction of sp³-hybridized carbons (Fsp3) is 0.115. The monoisotopic (exact) mass is 410 g/mol. The third-order valence-corrected chi connectivity index (χ3v) is 5.44. The molecular formula is C26H22N2O3. The van der Waals surface area contributed by atoms with Crippen molar-refractivity contribution in [2.75, 3.05) is 5.32 Å². The van der Waals surface area contributed by atoms with Crippen LogP contribution in [-0.2, 0) is 11.2 Å². The van der Waals surface area contributed by atoms with Gasteiger partial charge >= 0.3 is 5.97 Å². The molecule has 3 aromatic carbocycles. The molecule has 0 saturated heterocycles. The van der Waals surface area contributed by atoms with Gasteiger partial charge in [0, 0.05) is 18.3 Å². The van der Waals surface area contributed by atoms with Crippen molar-refractivity contribution in [1.82, 2.24) is 4.98 Å². The summed E-state index contributed by atoms with van der Waals surface area (Å²) in [4.78, 5) is 28.9. The number of para-hydroxylation sites is 1. The Bertz CT molecular complexity index is 1260. The van der Waals surface area contributed by atoms with Gasteiger partial charge in [0.05, 0.1) is 17.2 Å². The molecule has 1 aromatic heterocycles. The van der Waals surface area contributed by atoms with Crippen molar-refractivity contribution in [3.8, 4) is 0 Å². The molecule has 0 fully saturated rings. The molecule has 1 heterocycles. The Kier molecular flexibility index (Phi) is 5.76. The maximum atomic E-state index is 13.1. The molecule has 0 spiro atoms. The summed E-state index contributed by atoms with van der Waals surface area (Å²) in [5, 5.41) is 14.6. The Labute approximate surface area is 180 Å². The molecule has 0 aliphatic heterocycles. The summed E-state index contributed by atoms with van der Waals surface area (Å²) in [5.74, 6) is -1.50. The number of carboxylic acid groups (broad SMARTS) is 1. The lowest BCUT2D eigenvalue weighted by atomic mass is 9.94. The van der Waals surface area contributed by atoms with Crippen LogP contribution in [0.5, 0.6) is 0 Å². The van der Waals surface area contributed by atoms with E-state index < -0.39 is 5.97 Å². The highest BCUT2D eigenvalue weighted by atomic mass is 16.4. The number of nitrogens with one attached hydrogen (secondary N) is 1. The van der Waals surface area contributed by atoms with Crippen LogP contribution in [0.3, 0.4) is 0 Å². The smallest absolute Gasteiger partial charge is 0.337 e. The molecule has 5 heteroatoms. The second-order valence-corrected chi connectivity index (χ2v) is 7.42. The zero-order valence-corrected chi connectivity index (χ0v) is 17.1. The molecule has 31 heavy (non-hydrogen) atoms. The van der Waals surface area contributed by atoms with E-state index in [-0.39, 0.29) is 17.4 Å². The van der Waals surface area contributed by atoms with Crippen LogP contribution >= 0.6 is 0 Å². The molecule has 0 aliphatic carbocycles. The second kappa shape index (κ2) is 8.79. The Morgan fingerprint density at radius 2 is 1.68 bits per heavy atom. The van der Waals surface area contributed by atoms with Gasteiger partial charge in [-0.1, -0.05) is 60.7 Å². The van der Waals surface area contributed by atoms with Gasteiger partial charge in [-0.25, -0.2) is 4.79 Å². The Morgan fingerprint density at radius 1 is 0.935 bits per heavy atom. The molecule has 154 valence electrons. The van der Waals surface area contributed by atoms with Crippen molar-refractivity contribution in [3.05, 3.63) is 107 Å². The third-order valence-electron chi connectivity index (χ3n) is 5.44. The van der Waals surface area contributed by atoms with Crippen LogP contribution in [0.1, 0.15) is 40.0 Å². The van der Waals surface area contributed by atoms with E-state index in [0.717, 1.165) is 21.9 Å². The quantitative estimate of drug-likeness (QED) is 0.454. The molecule has 0 saturated carbocycles. The zero-order valence-electron chi connectivity index (χ0n) is 17.1. The van der Waals surface area contributed by atoms with Crippen molar-refractivity contribution in [2.45, 2.75) is 19.3 Å². The van der Waals surface area contributed by atoms with Gasteiger partial charge in [-0.3, -0.25) is 9.78 Å². The Balaban J connectivity index is 1.60. The van der Waals surface area contributed by atoms with Gasteiger partial charge in [-0.15, -0.1) is 0 Å². The number of rotatable bonds is 6. The van der Waals surface area contributed by atoms with E-state index in [2.05, 4.69) is 10.3 Å². The summed E-state index contributed by atoms with van der Waals surface area (Å²) in [5.41, 5.74) is 3.04. The van der Waals surface area contributed by atoms with Crippen molar-refractivity contribution in [1.29, 1.82) is 0 Å². The summed E-state index contributed by atoms with van der Waals surface area (Å²) >= 11 is 0. The summed E-state index contributed by atoms with van der Waals surface area (Å²) in [6.45, 7) is 1.89. The first-order valence-corrected chi connectivity index (χ1v) is 10.1. The van der Waals surface area contributed by atoms with E-state index in [9.17, 15) is 14.7 Å². The lowest BCUT2D eigenvalue weighted by molar-refractivity contribution is -0.117. The largest absolute Gasteiger partial charge is 0.478 e. The maximum absolute atomic E-state index is 13.1. The number of anilines is 1. The predicted octanol–water partition coefficient (Wildman–Crippen LogP) is 5.27. The Morgan fingerprint density at radius 3 is 2.52 bits per heavy atom. The number of amides is 1. The number of hydrogen-bond acceptors (Lipinski definition) is 3. The van der Waals surface area contributed by atoms with Crippen LogP contribution in [0, 0.1) is 0 Å². The summed E-state index contributed by atoms with van der Waals surface area (Å²) < 4.78 is 0. The van der Waals surface area contributed by atoms with Crippen LogP contribution in [-0.4, -0.2) is 22.0 Å². The molecule has 4 aromatic rings. The lowest BCUT2D eigenvalue weighted by Gasteiger charge is -2.17. The van der Waals surface area contributed by atoms with Crippen molar-refractivity contribution in [2.24, 2.45) is 0 Å². The molecular weight excluding hydrogens is 388 g/mol. The average Bonchev–Trinajstić information content (AvgIpc) is 2.79. The first-order valence-electron chi connectivity index (χ1n) is 10.1. The van der Waals surface area contributed by atoms with Crippen LogP contribution in [0.25, 0.3) is 10.8 Å². The lowest BCUT2D eigenvalue weighted by Crippen LogP contribution is -2.20. The minimum absolute atomic E-state index is 0.122. The van der Waals surface area contributed by atoms with Gasteiger partial charge in [-0.2, -0.15) is 0 Å². The SMILES string of the molecule is CC(C(=O)Nc1ccccc1Cc1ncccc1C(=O)O)c1cccc2ccccc12. The maximum Gasteiger partial charge on any atom is 0.337 e. The number of carboxylic acids is 1. The number of carbonyl (C=O) groups excluding carboxylic acids is 1. The minimum Gasteiger partial charge on any atom is -0.478 e. The average molecular weight is 410 g/mol. The Hall–Kier alpha value is -3.99. The van der Waals surface area contributed by atoms with Crippen LogP contribution < -0.4 is 5.32 Å². The van der Waals surface area contributed by atoms with E-state index in [0.29, 0.717) is 17.8 Å². The summed E-state index contributed by atoms with van der Waals surface area (Å²) in [7, 11) is 0. The van der Waals surface area contributed by atoms with Gasteiger partial charge in [0.2, 0.25) is 5.91 Å². The van der Waals surface area contributed by atoms with Gasteiger partial charge in [0.15, 0.2) is 0 Å². The van der Waals surface area contributed by atoms with Crippen molar-refractivity contribution in [3.63, 3.8) is 0 Å². The number of nitrogens with zero attached hydrogens (tertiary/aromatic N) is 1. The predicted molar refractivity (Wildman–Crippen MR) is 121 cm³/mol. The number of benzene rings is 3. The number of hydrogen-bond donors (Lipinski definition) is 2. The standard InChI is InChI=1S/C26H22N2O3/c1-17(20-12-6-10-18-8-2-4-11-21(18)20)25(29)28-23-14-5-3-9-19(23)16-24-22(26(30)31)13-7-15-27-24/h2-15,17H,16H2,1H3,(H,28,29)(H,30,31). The van der Waals surface area contributed by atoms with Crippen molar-refractivity contribution < 1.29 is 14.7 Å². The first-order chi connectivity index (χ1) is 15.0. The van der Waals surface area contributed by atoms with Crippen molar-refractivity contribution >= 4 is 28.3 Å². The third kappa shape index (κ3) is 4.31. The number of aromatic carboxylic acids is 1. The van der Waals surface area contributed by atoms with Gasteiger partial charge in [-0.05, 0) is 47.0 Å².